The Morgan fingerprint density at radius 2 is 2.06 bits per heavy atom. The van der Waals surface area contributed by atoms with E-state index >= 15 is 0 Å². The van der Waals surface area contributed by atoms with Gasteiger partial charge < -0.3 is 15.0 Å². The van der Waals surface area contributed by atoms with Crippen LogP contribution in [0.25, 0.3) is 11.0 Å². The highest BCUT2D eigenvalue weighted by atomic mass is 32.2. The van der Waals surface area contributed by atoms with E-state index in [1.807, 2.05) is 26.2 Å². The fourth-order valence-corrected chi connectivity index (χ4v) is 7.21. The highest BCUT2D eigenvalue weighted by Gasteiger charge is 2.38. The molecule has 4 rings (SSSR count). The van der Waals surface area contributed by atoms with Gasteiger partial charge in [-0.3, -0.25) is 0 Å². The summed E-state index contributed by atoms with van der Waals surface area (Å²) in [5, 5.41) is 20.0. The first-order valence-corrected chi connectivity index (χ1v) is 12.6. The van der Waals surface area contributed by atoms with Crippen LogP contribution in [0.15, 0.2) is 18.5 Å². The fourth-order valence-electron chi connectivity index (χ4n) is 5.19. The molecule has 2 aromatic rings. The Kier molecular flexibility index (Phi) is 6.24. The van der Waals surface area contributed by atoms with E-state index in [0.717, 1.165) is 42.4 Å². The summed E-state index contributed by atoms with van der Waals surface area (Å²) in [4.78, 5) is 9.60. The molecule has 3 heterocycles. The lowest BCUT2D eigenvalue weighted by atomic mass is 9.86. The Morgan fingerprint density at radius 3 is 2.71 bits per heavy atom. The molecule has 0 bridgehead atoms. The summed E-state index contributed by atoms with van der Waals surface area (Å²) < 4.78 is 27.4. The number of H-pyrrole nitrogens is 1. The third-order valence-corrected chi connectivity index (χ3v) is 9.18. The first kappa shape index (κ1) is 22.1. The maximum atomic E-state index is 12.9. The van der Waals surface area contributed by atoms with Crippen LogP contribution in [0.4, 0.5) is 5.69 Å². The molecule has 1 saturated heterocycles. The number of aromatic nitrogens is 2. The Bertz CT molecular complexity index is 1070. The van der Waals surface area contributed by atoms with Crippen LogP contribution in [-0.4, -0.2) is 66.3 Å². The van der Waals surface area contributed by atoms with Crippen molar-refractivity contribution in [1.82, 2.24) is 14.3 Å². The number of anilines is 1. The molecule has 0 amide bonds. The van der Waals surface area contributed by atoms with E-state index in [9.17, 15) is 18.8 Å². The summed E-state index contributed by atoms with van der Waals surface area (Å²) >= 11 is 0. The molecule has 8 nitrogen and oxygen atoms in total. The number of nitrogens with zero attached hydrogens (tertiary/aromatic N) is 4. The second kappa shape index (κ2) is 8.77. The van der Waals surface area contributed by atoms with Crippen molar-refractivity contribution in [3.63, 3.8) is 0 Å². The highest BCUT2D eigenvalue weighted by Crippen LogP contribution is 2.36. The first-order chi connectivity index (χ1) is 14.8. The molecular formula is C22H31N5O3S. The van der Waals surface area contributed by atoms with Gasteiger partial charge in [-0.2, -0.15) is 5.26 Å². The minimum Gasteiger partial charge on any atom is -0.396 e. The quantitative estimate of drug-likeness (QED) is 0.705. The normalized spacial score (nSPS) is 27.4. The summed E-state index contributed by atoms with van der Waals surface area (Å²) in [5.41, 5.74) is 2.22. The van der Waals surface area contributed by atoms with Crippen LogP contribution >= 0.6 is 0 Å². The number of fused-ring (bicyclic) bond motifs is 1. The number of hydrogen-bond donors (Lipinski definition) is 2. The van der Waals surface area contributed by atoms with E-state index in [0.29, 0.717) is 18.7 Å². The Morgan fingerprint density at radius 1 is 1.32 bits per heavy atom. The fraction of sp³-hybridized carbons (Fsp3) is 0.636. The second-order valence-electron chi connectivity index (χ2n) is 9.17. The average molecular weight is 446 g/mol. The molecule has 2 fully saturated rings. The molecule has 0 radical (unpaired) electrons. The number of rotatable bonds is 6. The lowest BCUT2D eigenvalue weighted by Gasteiger charge is -2.36. The summed E-state index contributed by atoms with van der Waals surface area (Å²) in [7, 11) is -1.29. The van der Waals surface area contributed by atoms with E-state index in [2.05, 4.69) is 20.9 Å². The zero-order chi connectivity index (χ0) is 22.2. The van der Waals surface area contributed by atoms with E-state index in [-0.39, 0.29) is 36.2 Å². The Hall–Kier alpha value is -2.15. The lowest BCUT2D eigenvalue weighted by Crippen LogP contribution is -2.39. The smallest absolute Gasteiger partial charge is 0.214 e. The average Bonchev–Trinajstić information content (AvgIpc) is 3.39. The van der Waals surface area contributed by atoms with Gasteiger partial charge in [0.25, 0.3) is 0 Å². The molecule has 2 atom stereocenters. The maximum absolute atomic E-state index is 12.9. The number of pyridine rings is 1. The number of aliphatic hydroxyl groups is 1. The van der Waals surface area contributed by atoms with Crippen LogP contribution in [-0.2, 0) is 10.0 Å². The van der Waals surface area contributed by atoms with Crippen molar-refractivity contribution in [3.8, 4) is 6.07 Å². The summed E-state index contributed by atoms with van der Waals surface area (Å²) in [6, 6.07) is 4.47. The van der Waals surface area contributed by atoms with Crippen LogP contribution in [0.5, 0.6) is 0 Å². The van der Waals surface area contributed by atoms with Crippen molar-refractivity contribution in [3.05, 3.63) is 24.0 Å². The Balaban J connectivity index is 1.40. The molecule has 168 valence electrons. The molecule has 0 spiro atoms. The second-order valence-corrected chi connectivity index (χ2v) is 11.2. The number of sulfonamides is 1. The summed E-state index contributed by atoms with van der Waals surface area (Å²) in [6.07, 6.45) is 6.93. The molecule has 0 unspecified atom stereocenters. The van der Waals surface area contributed by atoms with Gasteiger partial charge in [-0.1, -0.05) is 6.92 Å². The van der Waals surface area contributed by atoms with E-state index in [1.165, 1.54) is 0 Å². The number of aromatic amines is 1. The maximum Gasteiger partial charge on any atom is 0.214 e. The van der Waals surface area contributed by atoms with Crippen LogP contribution < -0.4 is 4.90 Å². The summed E-state index contributed by atoms with van der Waals surface area (Å²) in [6.45, 7) is 2.99. The van der Waals surface area contributed by atoms with Crippen molar-refractivity contribution >= 4 is 26.7 Å². The molecule has 1 saturated carbocycles. The zero-order valence-corrected chi connectivity index (χ0v) is 19.0. The number of nitriles is 1. The molecule has 2 N–H and O–H groups in total. The predicted octanol–water partition coefficient (Wildman–Crippen LogP) is 2.32. The van der Waals surface area contributed by atoms with Gasteiger partial charge in [-0.15, -0.1) is 0 Å². The molecule has 0 aromatic carbocycles. The summed E-state index contributed by atoms with van der Waals surface area (Å²) in [5.74, 6) is 0.580. The SMILES string of the molecule is C[C@H]1CN(S(=O)(=O)CC2CCC(N(C)c3c(C#N)cnc4[nH]ccc34)CC2)C[C@@H]1CO. The van der Waals surface area contributed by atoms with E-state index in [1.54, 1.807) is 10.5 Å². The van der Waals surface area contributed by atoms with Crippen molar-refractivity contribution in [1.29, 1.82) is 5.26 Å². The van der Waals surface area contributed by atoms with Gasteiger partial charge in [-0.05, 0) is 49.5 Å². The van der Waals surface area contributed by atoms with Gasteiger partial charge >= 0.3 is 0 Å². The van der Waals surface area contributed by atoms with Crippen molar-refractivity contribution < 1.29 is 13.5 Å². The van der Waals surface area contributed by atoms with Crippen molar-refractivity contribution in [2.24, 2.45) is 17.8 Å². The van der Waals surface area contributed by atoms with Crippen LogP contribution in [0.3, 0.4) is 0 Å². The number of nitrogens with one attached hydrogen (secondary N) is 1. The third-order valence-electron chi connectivity index (χ3n) is 7.20. The monoisotopic (exact) mass is 445 g/mol. The first-order valence-electron chi connectivity index (χ1n) is 11.0. The van der Waals surface area contributed by atoms with Crippen LogP contribution in [0, 0.1) is 29.1 Å². The lowest BCUT2D eigenvalue weighted by molar-refractivity contribution is 0.210. The molecule has 2 aliphatic rings. The largest absolute Gasteiger partial charge is 0.396 e. The molecule has 2 aromatic heterocycles. The third kappa shape index (κ3) is 4.29. The van der Waals surface area contributed by atoms with Gasteiger partial charge in [0.1, 0.15) is 11.7 Å². The number of hydrogen-bond acceptors (Lipinski definition) is 6. The van der Waals surface area contributed by atoms with Crippen molar-refractivity contribution in [2.75, 3.05) is 37.4 Å². The minimum atomic E-state index is -3.30. The van der Waals surface area contributed by atoms with Gasteiger partial charge in [0.2, 0.25) is 10.0 Å². The number of aliphatic hydroxyl groups excluding tert-OH is 1. The molecule has 9 heteroatoms. The van der Waals surface area contributed by atoms with Crippen LogP contribution in [0.1, 0.15) is 38.2 Å². The van der Waals surface area contributed by atoms with Gasteiger partial charge in [0.05, 0.1) is 17.0 Å². The Labute approximate surface area is 183 Å². The highest BCUT2D eigenvalue weighted by molar-refractivity contribution is 7.89. The van der Waals surface area contributed by atoms with Crippen molar-refractivity contribution in [2.45, 2.75) is 38.6 Å². The van der Waals surface area contributed by atoms with Crippen LogP contribution in [0.2, 0.25) is 0 Å². The van der Waals surface area contributed by atoms with Gasteiger partial charge in [0.15, 0.2) is 0 Å². The van der Waals surface area contributed by atoms with Gasteiger partial charge in [0, 0.05) is 50.6 Å². The van der Waals surface area contributed by atoms with Gasteiger partial charge in [-0.25, -0.2) is 17.7 Å². The standard InChI is InChI=1S/C22H31N5O3S/c1-15-11-27(12-18(15)13-28)31(29,30)14-16-3-5-19(6-4-16)26(2)21-17(9-23)10-25-22-20(21)7-8-24-22/h7-8,10,15-16,18-19,28H,3-6,11-14H2,1-2H3,(H,24,25)/t15-,16?,18+,19?/m0/s1. The van der Waals surface area contributed by atoms with E-state index in [4.69, 9.17) is 0 Å². The van der Waals surface area contributed by atoms with E-state index < -0.39 is 10.0 Å². The molecule has 1 aliphatic heterocycles. The molecule has 1 aliphatic carbocycles. The molecular weight excluding hydrogens is 414 g/mol. The predicted molar refractivity (Wildman–Crippen MR) is 120 cm³/mol. The topological polar surface area (TPSA) is 113 Å². The minimum absolute atomic E-state index is 0.0404. The zero-order valence-electron chi connectivity index (χ0n) is 18.2. The molecule has 31 heavy (non-hydrogen) atoms.